The monoisotopic (exact) mass is 331 g/mol. The van der Waals surface area contributed by atoms with Crippen molar-refractivity contribution in [2.45, 2.75) is 13.1 Å². The van der Waals surface area contributed by atoms with Crippen LogP contribution in [0.25, 0.3) is 0 Å². The summed E-state index contributed by atoms with van der Waals surface area (Å²) in [6.07, 6.45) is 0. The van der Waals surface area contributed by atoms with Crippen LogP contribution in [0.15, 0.2) is 47.5 Å². The van der Waals surface area contributed by atoms with E-state index < -0.39 is 5.82 Å². The van der Waals surface area contributed by atoms with Gasteiger partial charge in [-0.05, 0) is 35.4 Å². The van der Waals surface area contributed by atoms with E-state index in [2.05, 4.69) is 10.3 Å². The minimum atomic E-state index is -0.629. The Hall–Kier alpha value is -2.76. The summed E-state index contributed by atoms with van der Waals surface area (Å²) >= 11 is 0. The van der Waals surface area contributed by atoms with E-state index in [1.54, 1.807) is 20.2 Å². The van der Waals surface area contributed by atoms with Crippen LogP contribution in [-0.4, -0.2) is 37.2 Å². The largest absolute Gasteiger partial charge is 0.505 e. The molecule has 24 heavy (non-hydrogen) atoms. The first kappa shape index (κ1) is 17.6. The van der Waals surface area contributed by atoms with E-state index in [1.165, 1.54) is 12.1 Å². The predicted molar refractivity (Wildman–Crippen MR) is 92.7 cm³/mol. The summed E-state index contributed by atoms with van der Waals surface area (Å²) in [5.41, 5.74) is 1.85. The lowest BCUT2D eigenvalue weighted by Crippen LogP contribution is -2.38. The number of hydrogen-bond acceptors (Lipinski definition) is 3. The number of guanidine groups is 1. The molecule has 128 valence electrons. The van der Waals surface area contributed by atoms with Gasteiger partial charge in [-0.15, -0.1) is 0 Å². The topological polar surface area (TPSA) is 57.1 Å². The van der Waals surface area contributed by atoms with Crippen LogP contribution >= 0.6 is 0 Å². The molecule has 6 heteroatoms. The molecule has 0 aliphatic rings. The van der Waals surface area contributed by atoms with Gasteiger partial charge in [0.25, 0.3) is 0 Å². The molecule has 2 aromatic carbocycles. The zero-order valence-corrected chi connectivity index (χ0v) is 14.1. The van der Waals surface area contributed by atoms with Gasteiger partial charge >= 0.3 is 0 Å². The third kappa shape index (κ3) is 4.62. The number of phenolic OH excluding ortho intramolecular Hbond substituents is 1. The number of hydrogen-bond donors (Lipinski definition) is 2. The second-order valence-electron chi connectivity index (χ2n) is 5.39. The third-order valence-electron chi connectivity index (χ3n) is 3.61. The van der Waals surface area contributed by atoms with E-state index in [0.29, 0.717) is 19.0 Å². The molecular formula is C18H22FN3O2. The normalized spacial score (nSPS) is 11.2. The summed E-state index contributed by atoms with van der Waals surface area (Å²) in [6, 6.07) is 12.1. The Morgan fingerprint density at radius 2 is 1.88 bits per heavy atom. The van der Waals surface area contributed by atoms with E-state index in [0.717, 1.165) is 16.9 Å². The highest BCUT2D eigenvalue weighted by molar-refractivity contribution is 5.79. The van der Waals surface area contributed by atoms with Crippen LogP contribution in [0.3, 0.4) is 0 Å². The summed E-state index contributed by atoms with van der Waals surface area (Å²) < 4.78 is 18.5. The Balaban J connectivity index is 1.95. The van der Waals surface area contributed by atoms with Crippen LogP contribution in [0.2, 0.25) is 0 Å². The average molecular weight is 331 g/mol. The van der Waals surface area contributed by atoms with Crippen molar-refractivity contribution in [1.29, 1.82) is 0 Å². The first-order chi connectivity index (χ1) is 11.5. The number of aliphatic imine (C=N–C) groups is 1. The van der Waals surface area contributed by atoms with E-state index in [4.69, 9.17) is 4.74 Å². The number of ether oxygens (including phenoxy) is 1. The molecule has 0 heterocycles. The Morgan fingerprint density at radius 3 is 2.46 bits per heavy atom. The number of methoxy groups -OCH3 is 1. The molecule has 0 amide bonds. The highest BCUT2D eigenvalue weighted by Crippen LogP contribution is 2.16. The third-order valence-corrected chi connectivity index (χ3v) is 3.61. The lowest BCUT2D eigenvalue weighted by molar-refractivity contribution is 0.414. The lowest BCUT2D eigenvalue weighted by Gasteiger charge is -2.22. The highest BCUT2D eigenvalue weighted by atomic mass is 19.1. The van der Waals surface area contributed by atoms with Crippen LogP contribution in [0.4, 0.5) is 4.39 Å². The van der Waals surface area contributed by atoms with E-state index in [9.17, 15) is 9.50 Å². The van der Waals surface area contributed by atoms with Gasteiger partial charge < -0.3 is 20.1 Å². The van der Waals surface area contributed by atoms with E-state index in [-0.39, 0.29) is 5.75 Å². The first-order valence-electron chi connectivity index (χ1n) is 7.55. The van der Waals surface area contributed by atoms with Gasteiger partial charge in [-0.25, -0.2) is 4.39 Å². The molecule has 0 atom stereocenters. The zero-order chi connectivity index (χ0) is 17.5. The maximum Gasteiger partial charge on any atom is 0.193 e. The fourth-order valence-electron chi connectivity index (χ4n) is 2.31. The zero-order valence-electron chi connectivity index (χ0n) is 14.1. The molecule has 0 aromatic heterocycles. The number of halogens is 1. The minimum Gasteiger partial charge on any atom is -0.505 e. The number of benzene rings is 2. The molecule has 5 nitrogen and oxygen atoms in total. The Kier molecular flexibility index (Phi) is 6.01. The van der Waals surface area contributed by atoms with Crippen molar-refractivity contribution in [3.63, 3.8) is 0 Å². The smallest absolute Gasteiger partial charge is 0.193 e. The van der Waals surface area contributed by atoms with Gasteiger partial charge in [-0.1, -0.05) is 18.2 Å². The molecule has 0 aliphatic heterocycles. The van der Waals surface area contributed by atoms with Crippen molar-refractivity contribution in [3.8, 4) is 11.5 Å². The summed E-state index contributed by atoms with van der Waals surface area (Å²) in [4.78, 5) is 6.21. The molecule has 0 aliphatic carbocycles. The SMILES string of the molecule is CN=C(NCc1ccc(O)c(F)c1)N(C)Cc1ccc(OC)cc1. The molecule has 2 N–H and O–H groups in total. The standard InChI is InChI=1S/C18H22FN3O2/c1-20-18(21-11-14-6-9-17(23)16(19)10-14)22(2)12-13-4-7-15(24-3)8-5-13/h4-10,23H,11-12H2,1-3H3,(H,20,21). The molecule has 0 saturated carbocycles. The summed E-state index contributed by atoms with van der Waals surface area (Å²) in [6.45, 7) is 1.09. The number of aromatic hydroxyl groups is 1. The fraction of sp³-hybridized carbons (Fsp3) is 0.278. The van der Waals surface area contributed by atoms with Gasteiger partial charge in [0.05, 0.1) is 7.11 Å². The molecule has 0 fully saturated rings. The van der Waals surface area contributed by atoms with Crippen molar-refractivity contribution >= 4 is 5.96 Å². The van der Waals surface area contributed by atoms with Gasteiger partial charge in [0.2, 0.25) is 0 Å². The molecule has 0 unspecified atom stereocenters. The quantitative estimate of drug-likeness (QED) is 0.653. The Bertz CT molecular complexity index is 702. The summed E-state index contributed by atoms with van der Waals surface area (Å²) in [5, 5.41) is 12.4. The van der Waals surface area contributed by atoms with Crippen molar-refractivity contribution in [2.24, 2.45) is 4.99 Å². The Labute approximate surface area is 141 Å². The van der Waals surface area contributed by atoms with Crippen molar-refractivity contribution in [2.75, 3.05) is 21.2 Å². The van der Waals surface area contributed by atoms with Gasteiger partial charge in [-0.3, -0.25) is 4.99 Å². The van der Waals surface area contributed by atoms with E-state index in [1.807, 2.05) is 36.2 Å². The van der Waals surface area contributed by atoms with Gasteiger partial charge in [0.1, 0.15) is 5.75 Å². The molecule has 0 bridgehead atoms. The molecule has 2 rings (SSSR count). The average Bonchev–Trinajstić information content (AvgIpc) is 2.59. The van der Waals surface area contributed by atoms with Crippen LogP contribution in [0.1, 0.15) is 11.1 Å². The van der Waals surface area contributed by atoms with Crippen molar-refractivity contribution < 1.29 is 14.2 Å². The first-order valence-corrected chi connectivity index (χ1v) is 7.55. The van der Waals surface area contributed by atoms with Gasteiger partial charge in [0, 0.05) is 27.2 Å². The van der Waals surface area contributed by atoms with Crippen LogP contribution in [0, 0.1) is 5.82 Å². The van der Waals surface area contributed by atoms with Crippen LogP contribution < -0.4 is 10.1 Å². The maximum absolute atomic E-state index is 13.4. The number of rotatable bonds is 5. The molecule has 0 radical (unpaired) electrons. The number of nitrogens with zero attached hydrogens (tertiary/aromatic N) is 2. The van der Waals surface area contributed by atoms with Crippen LogP contribution in [0.5, 0.6) is 11.5 Å². The molecular weight excluding hydrogens is 309 g/mol. The van der Waals surface area contributed by atoms with Crippen molar-refractivity contribution in [1.82, 2.24) is 10.2 Å². The summed E-state index contributed by atoms with van der Waals surface area (Å²) in [7, 11) is 5.26. The van der Waals surface area contributed by atoms with Crippen LogP contribution in [-0.2, 0) is 13.1 Å². The second-order valence-corrected chi connectivity index (χ2v) is 5.39. The fourth-order valence-corrected chi connectivity index (χ4v) is 2.31. The highest BCUT2D eigenvalue weighted by Gasteiger charge is 2.08. The number of phenols is 1. The molecule has 0 saturated heterocycles. The second kappa shape index (κ2) is 8.19. The summed E-state index contributed by atoms with van der Waals surface area (Å²) in [5.74, 6) is 0.535. The van der Waals surface area contributed by atoms with E-state index >= 15 is 0 Å². The van der Waals surface area contributed by atoms with Gasteiger partial charge in [0.15, 0.2) is 17.5 Å². The maximum atomic E-state index is 13.4. The molecule has 0 spiro atoms. The minimum absolute atomic E-state index is 0.347. The van der Waals surface area contributed by atoms with Crippen molar-refractivity contribution in [3.05, 3.63) is 59.4 Å². The molecule has 2 aromatic rings. The van der Waals surface area contributed by atoms with Gasteiger partial charge in [-0.2, -0.15) is 0 Å². The lowest BCUT2D eigenvalue weighted by atomic mass is 10.2. The number of nitrogens with one attached hydrogen (secondary N) is 1. The Morgan fingerprint density at radius 1 is 1.21 bits per heavy atom. The predicted octanol–water partition coefficient (Wildman–Crippen LogP) is 2.75.